The largest absolute Gasteiger partial charge is 0.483 e. The molecule has 116 valence electrons. The van der Waals surface area contributed by atoms with Crippen LogP contribution in [-0.4, -0.2) is 33.8 Å². The van der Waals surface area contributed by atoms with E-state index < -0.39 is 5.97 Å². The molecule has 0 unspecified atom stereocenters. The van der Waals surface area contributed by atoms with Gasteiger partial charge in [-0.2, -0.15) is 0 Å². The summed E-state index contributed by atoms with van der Waals surface area (Å²) < 4.78 is 5.47. The predicted octanol–water partition coefficient (Wildman–Crippen LogP) is 1.80. The second kappa shape index (κ2) is 6.99. The Morgan fingerprint density at radius 1 is 1.32 bits per heavy atom. The van der Waals surface area contributed by atoms with E-state index in [0.29, 0.717) is 10.8 Å². The molecule has 0 aliphatic carbocycles. The SMILES string of the molecule is Cc1cccc(OCC(=O)Nc2nnc(CC(=O)O)s2)c1C. The number of aromatic nitrogens is 2. The fourth-order valence-corrected chi connectivity index (χ4v) is 2.43. The van der Waals surface area contributed by atoms with Crippen LogP contribution in [0, 0.1) is 13.8 Å². The third-order valence-electron chi connectivity index (χ3n) is 2.93. The molecule has 2 rings (SSSR count). The van der Waals surface area contributed by atoms with Crippen molar-refractivity contribution in [2.24, 2.45) is 0 Å². The Morgan fingerprint density at radius 2 is 2.09 bits per heavy atom. The number of carbonyl (C=O) groups is 2. The second-order valence-electron chi connectivity index (χ2n) is 4.61. The Bertz CT molecular complexity index is 699. The first-order valence-electron chi connectivity index (χ1n) is 6.48. The Kier molecular flexibility index (Phi) is 5.05. The summed E-state index contributed by atoms with van der Waals surface area (Å²) in [4.78, 5) is 22.4. The number of aliphatic carboxylic acids is 1. The molecule has 0 aliphatic rings. The lowest BCUT2D eigenvalue weighted by atomic mass is 10.1. The van der Waals surface area contributed by atoms with Crippen LogP contribution in [0.3, 0.4) is 0 Å². The molecule has 1 amide bonds. The summed E-state index contributed by atoms with van der Waals surface area (Å²) in [6.45, 7) is 3.73. The number of carbonyl (C=O) groups excluding carboxylic acids is 1. The minimum Gasteiger partial charge on any atom is -0.483 e. The number of amides is 1. The molecule has 0 radical (unpaired) electrons. The average molecular weight is 321 g/mol. The van der Waals surface area contributed by atoms with Crippen LogP contribution >= 0.6 is 11.3 Å². The van der Waals surface area contributed by atoms with Gasteiger partial charge < -0.3 is 9.84 Å². The molecule has 0 aliphatic heterocycles. The molecule has 0 spiro atoms. The van der Waals surface area contributed by atoms with Crippen molar-refractivity contribution in [1.82, 2.24) is 10.2 Å². The number of anilines is 1. The topological polar surface area (TPSA) is 101 Å². The highest BCUT2D eigenvalue weighted by molar-refractivity contribution is 7.15. The van der Waals surface area contributed by atoms with Gasteiger partial charge in [-0.25, -0.2) is 0 Å². The summed E-state index contributed by atoms with van der Waals surface area (Å²) in [6.07, 6.45) is -0.216. The second-order valence-corrected chi connectivity index (χ2v) is 5.67. The molecule has 2 aromatic rings. The molecule has 0 atom stereocenters. The molecule has 1 heterocycles. The van der Waals surface area contributed by atoms with Crippen LogP contribution in [-0.2, 0) is 16.0 Å². The van der Waals surface area contributed by atoms with E-state index in [1.807, 2.05) is 26.0 Å². The number of hydrogen-bond donors (Lipinski definition) is 2. The first-order valence-corrected chi connectivity index (χ1v) is 7.30. The lowest BCUT2D eigenvalue weighted by molar-refractivity contribution is -0.136. The van der Waals surface area contributed by atoms with Gasteiger partial charge in [0.1, 0.15) is 10.8 Å². The average Bonchev–Trinajstić information content (AvgIpc) is 2.86. The fraction of sp³-hybridized carbons (Fsp3) is 0.286. The van der Waals surface area contributed by atoms with E-state index in [4.69, 9.17) is 9.84 Å². The molecule has 1 aromatic heterocycles. The van der Waals surface area contributed by atoms with E-state index in [9.17, 15) is 9.59 Å². The first-order chi connectivity index (χ1) is 10.5. The van der Waals surface area contributed by atoms with Gasteiger partial charge in [0.15, 0.2) is 6.61 Å². The molecule has 0 saturated carbocycles. The van der Waals surface area contributed by atoms with Crippen molar-refractivity contribution in [3.63, 3.8) is 0 Å². The maximum atomic E-state index is 11.8. The number of hydrogen-bond acceptors (Lipinski definition) is 6. The van der Waals surface area contributed by atoms with Crippen LogP contribution < -0.4 is 10.1 Å². The van der Waals surface area contributed by atoms with Gasteiger partial charge in [0.05, 0.1) is 6.42 Å². The molecule has 0 bridgehead atoms. The minimum atomic E-state index is -0.993. The number of nitrogens with one attached hydrogen (secondary N) is 1. The van der Waals surface area contributed by atoms with Crippen LogP contribution in [0.1, 0.15) is 16.1 Å². The fourth-order valence-electron chi connectivity index (χ4n) is 1.68. The van der Waals surface area contributed by atoms with Crippen LogP contribution in [0.15, 0.2) is 18.2 Å². The van der Waals surface area contributed by atoms with Crippen molar-refractivity contribution in [1.29, 1.82) is 0 Å². The summed E-state index contributed by atoms with van der Waals surface area (Å²) in [6, 6.07) is 5.62. The summed E-state index contributed by atoms with van der Waals surface area (Å²) in [5.74, 6) is -0.717. The summed E-state index contributed by atoms with van der Waals surface area (Å²) in [7, 11) is 0. The highest BCUT2D eigenvalue weighted by Gasteiger charge is 2.11. The van der Waals surface area contributed by atoms with Crippen molar-refractivity contribution >= 4 is 28.3 Å². The number of carboxylic acid groups (broad SMARTS) is 1. The molecule has 7 nitrogen and oxygen atoms in total. The Hall–Kier alpha value is -2.48. The van der Waals surface area contributed by atoms with E-state index in [1.165, 1.54) is 0 Å². The molecule has 0 saturated heterocycles. The Labute approximate surface area is 131 Å². The third-order valence-corrected chi connectivity index (χ3v) is 3.77. The van der Waals surface area contributed by atoms with Crippen LogP contribution in [0.4, 0.5) is 5.13 Å². The number of benzene rings is 1. The van der Waals surface area contributed by atoms with Crippen LogP contribution in [0.25, 0.3) is 0 Å². The lowest BCUT2D eigenvalue weighted by Gasteiger charge is -2.10. The third kappa shape index (κ3) is 4.26. The van der Waals surface area contributed by atoms with Gasteiger partial charge in [0.2, 0.25) is 5.13 Å². The van der Waals surface area contributed by atoms with E-state index in [0.717, 1.165) is 22.5 Å². The molecular weight excluding hydrogens is 306 g/mol. The number of rotatable bonds is 6. The number of nitrogens with zero attached hydrogens (tertiary/aromatic N) is 2. The molecule has 2 N–H and O–H groups in total. The van der Waals surface area contributed by atoms with Crippen molar-refractivity contribution in [3.05, 3.63) is 34.3 Å². The van der Waals surface area contributed by atoms with Gasteiger partial charge >= 0.3 is 5.97 Å². The van der Waals surface area contributed by atoms with Crippen molar-refractivity contribution in [2.45, 2.75) is 20.3 Å². The van der Waals surface area contributed by atoms with Gasteiger partial charge in [0, 0.05) is 0 Å². The number of aryl methyl sites for hydroxylation is 1. The molecular formula is C14H15N3O4S. The zero-order chi connectivity index (χ0) is 16.1. The maximum Gasteiger partial charge on any atom is 0.310 e. The zero-order valence-electron chi connectivity index (χ0n) is 12.1. The molecule has 22 heavy (non-hydrogen) atoms. The van der Waals surface area contributed by atoms with E-state index in [-0.39, 0.29) is 24.1 Å². The molecule has 1 aromatic carbocycles. The van der Waals surface area contributed by atoms with E-state index in [2.05, 4.69) is 15.5 Å². The monoisotopic (exact) mass is 321 g/mol. The highest BCUT2D eigenvalue weighted by atomic mass is 32.1. The van der Waals surface area contributed by atoms with Gasteiger partial charge in [0.25, 0.3) is 5.91 Å². The van der Waals surface area contributed by atoms with Gasteiger partial charge in [-0.05, 0) is 31.0 Å². The Morgan fingerprint density at radius 3 is 2.82 bits per heavy atom. The first kappa shape index (κ1) is 15.9. The minimum absolute atomic E-state index is 0.155. The maximum absolute atomic E-state index is 11.8. The zero-order valence-corrected chi connectivity index (χ0v) is 12.9. The van der Waals surface area contributed by atoms with Crippen molar-refractivity contribution in [3.8, 4) is 5.75 Å². The normalized spacial score (nSPS) is 10.3. The van der Waals surface area contributed by atoms with Gasteiger partial charge in [-0.1, -0.05) is 23.5 Å². The molecule has 0 fully saturated rings. The number of ether oxygens (including phenoxy) is 1. The summed E-state index contributed by atoms with van der Waals surface area (Å²) in [5.41, 5.74) is 2.07. The summed E-state index contributed by atoms with van der Waals surface area (Å²) >= 11 is 1.03. The van der Waals surface area contributed by atoms with Gasteiger partial charge in [-0.15, -0.1) is 10.2 Å². The van der Waals surface area contributed by atoms with Crippen molar-refractivity contribution < 1.29 is 19.4 Å². The van der Waals surface area contributed by atoms with E-state index >= 15 is 0 Å². The predicted molar refractivity (Wildman–Crippen MR) is 81.3 cm³/mol. The standard InChI is InChI=1S/C14H15N3O4S/c1-8-4-3-5-10(9(8)2)21-7-11(18)15-14-17-16-12(22-14)6-13(19)20/h3-5H,6-7H2,1-2H3,(H,19,20)(H,15,17,18). The van der Waals surface area contributed by atoms with E-state index in [1.54, 1.807) is 6.07 Å². The Balaban J connectivity index is 1.89. The van der Waals surface area contributed by atoms with Gasteiger partial charge in [-0.3, -0.25) is 14.9 Å². The van der Waals surface area contributed by atoms with Crippen LogP contribution in [0.2, 0.25) is 0 Å². The highest BCUT2D eigenvalue weighted by Crippen LogP contribution is 2.20. The van der Waals surface area contributed by atoms with Crippen molar-refractivity contribution in [2.75, 3.05) is 11.9 Å². The smallest absolute Gasteiger partial charge is 0.310 e. The quantitative estimate of drug-likeness (QED) is 0.841. The van der Waals surface area contributed by atoms with Crippen LogP contribution in [0.5, 0.6) is 5.75 Å². The lowest BCUT2D eigenvalue weighted by Crippen LogP contribution is -2.20. The number of carboxylic acids is 1. The summed E-state index contributed by atoms with van der Waals surface area (Å²) in [5, 5.41) is 19.2. The molecule has 8 heteroatoms.